The van der Waals surface area contributed by atoms with Crippen LogP contribution in [0.5, 0.6) is 0 Å². The van der Waals surface area contributed by atoms with E-state index in [1.165, 1.54) is 25.7 Å². The van der Waals surface area contributed by atoms with E-state index in [1.54, 1.807) is 0 Å². The van der Waals surface area contributed by atoms with Crippen molar-refractivity contribution in [2.45, 2.75) is 46.1 Å². The minimum atomic E-state index is 0. The van der Waals surface area contributed by atoms with Gasteiger partial charge in [-0.05, 0) is 48.3 Å². The average molecular weight is 311 g/mol. The van der Waals surface area contributed by atoms with Crippen molar-refractivity contribution in [3.63, 3.8) is 0 Å². The van der Waals surface area contributed by atoms with Crippen LogP contribution in [0.25, 0.3) is 0 Å². The molecule has 0 aromatic heterocycles. The Balaban J connectivity index is 0.00000220. The fourth-order valence-electron chi connectivity index (χ4n) is 3.16. The maximum Gasteiger partial charge on any atom is 0.251 e. The van der Waals surface area contributed by atoms with Gasteiger partial charge < -0.3 is 11.1 Å². The summed E-state index contributed by atoms with van der Waals surface area (Å²) in [6.07, 6.45) is 5.00. The first kappa shape index (κ1) is 18.0. The van der Waals surface area contributed by atoms with E-state index in [0.29, 0.717) is 17.9 Å². The van der Waals surface area contributed by atoms with Crippen LogP contribution in [0.1, 0.15) is 55.5 Å². The molecule has 0 bridgehead atoms. The lowest BCUT2D eigenvalue weighted by atomic mass is 9.64. The molecule has 1 fully saturated rings. The third-order valence-corrected chi connectivity index (χ3v) is 4.33. The molecule has 0 aliphatic heterocycles. The Bertz CT molecular complexity index is 452. The summed E-state index contributed by atoms with van der Waals surface area (Å²) < 4.78 is 0. The van der Waals surface area contributed by atoms with Crippen molar-refractivity contribution in [2.75, 3.05) is 6.54 Å². The molecule has 1 amide bonds. The Morgan fingerprint density at radius 2 is 1.90 bits per heavy atom. The van der Waals surface area contributed by atoms with Crippen LogP contribution < -0.4 is 11.1 Å². The van der Waals surface area contributed by atoms with E-state index in [-0.39, 0.29) is 18.3 Å². The molecule has 0 spiro atoms. The molecule has 0 heterocycles. The highest BCUT2D eigenvalue weighted by molar-refractivity contribution is 5.94. The first-order valence-corrected chi connectivity index (χ1v) is 7.62. The van der Waals surface area contributed by atoms with Crippen molar-refractivity contribution in [1.82, 2.24) is 5.32 Å². The monoisotopic (exact) mass is 310 g/mol. The molecular weight excluding hydrogens is 284 g/mol. The molecule has 1 saturated carbocycles. The zero-order chi connectivity index (χ0) is 14.6. The van der Waals surface area contributed by atoms with E-state index in [9.17, 15) is 4.79 Å². The fraction of sp³-hybridized carbons (Fsp3) is 0.588. The van der Waals surface area contributed by atoms with Crippen LogP contribution in [0.2, 0.25) is 0 Å². The summed E-state index contributed by atoms with van der Waals surface area (Å²) in [6, 6.07) is 7.55. The predicted molar refractivity (Wildman–Crippen MR) is 89.7 cm³/mol. The maximum atomic E-state index is 12.2. The highest BCUT2D eigenvalue weighted by Crippen LogP contribution is 2.45. The lowest BCUT2D eigenvalue weighted by Gasteiger charge is -2.43. The van der Waals surface area contributed by atoms with Gasteiger partial charge in [0.25, 0.3) is 5.91 Å². The van der Waals surface area contributed by atoms with Crippen LogP contribution in [-0.4, -0.2) is 12.5 Å². The number of nitrogens with one attached hydrogen (secondary N) is 1. The molecule has 21 heavy (non-hydrogen) atoms. The number of hydrogen-bond acceptors (Lipinski definition) is 2. The highest BCUT2D eigenvalue weighted by Gasteiger charge is 2.37. The van der Waals surface area contributed by atoms with E-state index >= 15 is 0 Å². The normalized spacial score (nSPS) is 16.0. The van der Waals surface area contributed by atoms with Crippen molar-refractivity contribution in [3.05, 3.63) is 35.4 Å². The van der Waals surface area contributed by atoms with E-state index < -0.39 is 0 Å². The van der Waals surface area contributed by atoms with Crippen molar-refractivity contribution < 1.29 is 4.79 Å². The minimum Gasteiger partial charge on any atom is -0.351 e. The Morgan fingerprint density at radius 1 is 1.29 bits per heavy atom. The molecule has 4 heteroatoms. The van der Waals surface area contributed by atoms with Gasteiger partial charge in [0.05, 0.1) is 0 Å². The molecular formula is C17H27ClN2O. The molecule has 118 valence electrons. The average Bonchev–Trinajstić information content (AvgIpc) is 2.41. The first-order valence-electron chi connectivity index (χ1n) is 7.62. The van der Waals surface area contributed by atoms with Gasteiger partial charge in [0.15, 0.2) is 0 Å². The van der Waals surface area contributed by atoms with Crippen molar-refractivity contribution in [1.29, 1.82) is 0 Å². The van der Waals surface area contributed by atoms with Crippen molar-refractivity contribution in [2.24, 2.45) is 17.1 Å². The van der Waals surface area contributed by atoms with Crippen LogP contribution in [-0.2, 0) is 6.54 Å². The van der Waals surface area contributed by atoms with Crippen LogP contribution in [0, 0.1) is 11.3 Å². The maximum absolute atomic E-state index is 12.2. The van der Waals surface area contributed by atoms with Crippen molar-refractivity contribution in [3.8, 4) is 0 Å². The molecule has 0 saturated heterocycles. The van der Waals surface area contributed by atoms with Crippen LogP contribution in [0.15, 0.2) is 24.3 Å². The molecule has 0 unspecified atom stereocenters. The van der Waals surface area contributed by atoms with Gasteiger partial charge in [-0.1, -0.05) is 32.4 Å². The number of benzene rings is 1. The largest absolute Gasteiger partial charge is 0.351 e. The van der Waals surface area contributed by atoms with Gasteiger partial charge >= 0.3 is 0 Å². The SMILES string of the molecule is CC(C)CC1(CNC(=O)c2ccc(CN)cc2)CCC1.Cl. The predicted octanol–water partition coefficient (Wildman–Crippen LogP) is 3.51. The van der Waals surface area contributed by atoms with E-state index in [2.05, 4.69) is 19.2 Å². The Morgan fingerprint density at radius 3 is 2.33 bits per heavy atom. The third-order valence-electron chi connectivity index (χ3n) is 4.33. The summed E-state index contributed by atoms with van der Waals surface area (Å²) in [5, 5.41) is 3.11. The van der Waals surface area contributed by atoms with Crippen LogP contribution in [0.3, 0.4) is 0 Å². The number of rotatable bonds is 6. The lowest BCUT2D eigenvalue weighted by molar-refractivity contribution is 0.0781. The van der Waals surface area contributed by atoms with Gasteiger partial charge in [-0.3, -0.25) is 4.79 Å². The second-order valence-corrected chi connectivity index (χ2v) is 6.54. The van der Waals surface area contributed by atoms with Crippen LogP contribution >= 0.6 is 12.4 Å². The van der Waals surface area contributed by atoms with E-state index in [0.717, 1.165) is 17.7 Å². The smallest absolute Gasteiger partial charge is 0.251 e. The molecule has 0 radical (unpaired) electrons. The lowest BCUT2D eigenvalue weighted by Crippen LogP contribution is -2.43. The quantitative estimate of drug-likeness (QED) is 0.844. The molecule has 0 atom stereocenters. The molecule has 1 aliphatic carbocycles. The Labute approximate surface area is 134 Å². The minimum absolute atomic E-state index is 0. The first-order chi connectivity index (χ1) is 9.54. The Kier molecular flexibility index (Phi) is 6.69. The van der Waals surface area contributed by atoms with E-state index in [1.807, 2.05) is 24.3 Å². The number of amides is 1. The number of halogens is 1. The van der Waals surface area contributed by atoms with Gasteiger partial charge in [0, 0.05) is 18.7 Å². The highest BCUT2D eigenvalue weighted by atomic mass is 35.5. The zero-order valence-corrected chi connectivity index (χ0v) is 13.8. The molecule has 1 aromatic rings. The summed E-state index contributed by atoms with van der Waals surface area (Å²) in [6.45, 7) is 5.84. The summed E-state index contributed by atoms with van der Waals surface area (Å²) in [4.78, 5) is 12.2. The van der Waals surface area contributed by atoms with Crippen molar-refractivity contribution >= 4 is 18.3 Å². The standard InChI is InChI=1S/C17H26N2O.ClH/c1-13(2)10-17(8-3-9-17)12-19-16(20)15-6-4-14(11-18)5-7-15;/h4-7,13H,3,8-12,18H2,1-2H3,(H,19,20);1H. The summed E-state index contributed by atoms with van der Waals surface area (Å²) in [5.74, 6) is 0.722. The topological polar surface area (TPSA) is 55.1 Å². The summed E-state index contributed by atoms with van der Waals surface area (Å²) >= 11 is 0. The molecule has 1 aromatic carbocycles. The molecule has 1 aliphatic rings. The van der Waals surface area contributed by atoms with Gasteiger partial charge in [-0.25, -0.2) is 0 Å². The number of nitrogens with two attached hydrogens (primary N) is 1. The second kappa shape index (κ2) is 7.81. The van der Waals surface area contributed by atoms with Gasteiger partial charge in [-0.2, -0.15) is 0 Å². The summed E-state index contributed by atoms with van der Waals surface area (Å²) in [7, 11) is 0. The van der Waals surface area contributed by atoms with Gasteiger partial charge in [-0.15, -0.1) is 12.4 Å². The molecule has 2 rings (SSSR count). The number of hydrogen-bond donors (Lipinski definition) is 2. The van der Waals surface area contributed by atoms with Gasteiger partial charge in [0.1, 0.15) is 0 Å². The molecule has 3 N–H and O–H groups in total. The van der Waals surface area contributed by atoms with E-state index in [4.69, 9.17) is 5.73 Å². The fourth-order valence-corrected chi connectivity index (χ4v) is 3.16. The Hall–Kier alpha value is -1.06. The van der Waals surface area contributed by atoms with Crippen LogP contribution in [0.4, 0.5) is 0 Å². The second-order valence-electron chi connectivity index (χ2n) is 6.54. The third kappa shape index (κ3) is 4.72. The number of carbonyl (C=O) groups excluding carboxylic acids is 1. The zero-order valence-electron chi connectivity index (χ0n) is 13.0. The number of carbonyl (C=O) groups is 1. The molecule has 3 nitrogen and oxygen atoms in total. The summed E-state index contributed by atoms with van der Waals surface area (Å²) in [5.41, 5.74) is 7.69. The van der Waals surface area contributed by atoms with Gasteiger partial charge in [0.2, 0.25) is 0 Å².